The fourth-order valence-corrected chi connectivity index (χ4v) is 7.27. The van der Waals surface area contributed by atoms with Crippen LogP contribution in [-0.4, -0.2) is 91.7 Å². The van der Waals surface area contributed by atoms with Gasteiger partial charge in [0.1, 0.15) is 22.6 Å². The minimum absolute atomic E-state index is 0.00854. The summed E-state index contributed by atoms with van der Waals surface area (Å²) in [5.74, 6) is -6.38. The van der Waals surface area contributed by atoms with Crippen molar-refractivity contribution >= 4 is 28.7 Å². The van der Waals surface area contributed by atoms with Gasteiger partial charge in [-0.25, -0.2) is 4.99 Å². The van der Waals surface area contributed by atoms with E-state index in [4.69, 9.17) is 18.9 Å². The van der Waals surface area contributed by atoms with Gasteiger partial charge in [0.25, 0.3) is 11.7 Å². The van der Waals surface area contributed by atoms with Crippen molar-refractivity contribution in [2.75, 3.05) is 13.8 Å². The van der Waals surface area contributed by atoms with Gasteiger partial charge in [0.15, 0.2) is 12.5 Å². The molecule has 13 heteroatoms. The number of rotatable bonds is 1. The lowest BCUT2D eigenvalue weighted by Gasteiger charge is -2.37. The van der Waals surface area contributed by atoms with Crippen LogP contribution in [0.5, 0.6) is 23.0 Å². The van der Waals surface area contributed by atoms with Crippen LogP contribution in [0, 0.1) is 30.6 Å². The van der Waals surface area contributed by atoms with Crippen molar-refractivity contribution in [2.24, 2.45) is 28.7 Å². The summed E-state index contributed by atoms with van der Waals surface area (Å²) in [7, 11) is 1.46. The molecule has 0 saturated carbocycles. The number of phenols is 2. The molecule has 13 nitrogen and oxygen atoms in total. The molecule has 1 amide bonds. The fraction of sp³-hybridized carbons (Fsp3) is 0.537. The molecule has 2 aromatic carbocycles. The van der Waals surface area contributed by atoms with E-state index in [-0.39, 0.29) is 56.3 Å². The zero-order valence-corrected chi connectivity index (χ0v) is 32.9. The van der Waals surface area contributed by atoms with Gasteiger partial charge in [0.2, 0.25) is 0 Å². The zero-order valence-electron chi connectivity index (χ0n) is 32.9. The number of carbonyl (C=O) groups excluding carboxylic acids is 2. The van der Waals surface area contributed by atoms with Crippen LogP contribution in [0.3, 0.4) is 0 Å². The Morgan fingerprint density at radius 3 is 2.17 bits per heavy atom. The second-order valence-corrected chi connectivity index (χ2v) is 16.0. The summed E-state index contributed by atoms with van der Waals surface area (Å²) in [5.41, 5.74) is -0.109. The molecule has 0 spiro atoms. The third-order valence-electron chi connectivity index (χ3n) is 11.2. The van der Waals surface area contributed by atoms with Gasteiger partial charge in [-0.15, -0.1) is 0 Å². The SMILES string of the molecule is CO[C@H]1/C=C/O[C@@]2(C)Oc3c(C)c(O)c4c(O)c(c5c(c4c3C2=O)OCN(C(C)(C)C)C=5)=NC(=O)/C(C)=C\C=C\[C@H](C)[C@H](O)[C@@H](C)[C@@H](O)[C@@H](C)[C@H](O)[C@@H]1C. The monoisotopic (exact) mass is 750 g/mol. The molecule has 0 aliphatic carbocycles. The highest BCUT2D eigenvalue weighted by Crippen LogP contribution is 2.51. The highest BCUT2D eigenvalue weighted by molar-refractivity contribution is 6.20. The number of fused-ring (bicyclic) bond motifs is 1. The number of hydrogen-bond acceptors (Lipinski definition) is 12. The summed E-state index contributed by atoms with van der Waals surface area (Å²) < 4.78 is 24.1. The van der Waals surface area contributed by atoms with Crippen molar-refractivity contribution in [3.63, 3.8) is 0 Å². The Kier molecular flexibility index (Phi) is 11.3. The van der Waals surface area contributed by atoms with Crippen molar-refractivity contribution in [3.8, 4) is 23.0 Å². The van der Waals surface area contributed by atoms with Crippen molar-refractivity contribution in [1.82, 2.24) is 4.90 Å². The maximum atomic E-state index is 14.4. The molecule has 2 aromatic rings. The number of ether oxygens (including phenoxy) is 4. The first-order chi connectivity index (χ1) is 25.2. The number of amides is 1. The number of carbonyl (C=O) groups is 2. The first kappa shape index (κ1) is 40.7. The van der Waals surface area contributed by atoms with Crippen LogP contribution in [-0.2, 0) is 14.3 Å². The third-order valence-corrected chi connectivity index (χ3v) is 11.2. The number of Topliss-reactive ketones (excluding diaryl/α,β-unsaturated/α-hetero) is 1. The number of allylic oxidation sites excluding steroid dienone is 2. The van der Waals surface area contributed by atoms with Crippen LogP contribution in [0.1, 0.15) is 78.2 Å². The van der Waals surface area contributed by atoms with E-state index in [1.807, 2.05) is 25.7 Å². The highest BCUT2D eigenvalue weighted by Gasteiger charge is 2.50. The van der Waals surface area contributed by atoms with Gasteiger partial charge in [-0.2, -0.15) is 0 Å². The van der Waals surface area contributed by atoms with E-state index in [1.165, 1.54) is 39.4 Å². The van der Waals surface area contributed by atoms with Gasteiger partial charge < -0.3 is 49.4 Å². The molecule has 5 rings (SSSR count). The van der Waals surface area contributed by atoms with E-state index < -0.39 is 82.6 Å². The summed E-state index contributed by atoms with van der Waals surface area (Å²) in [6.07, 6.45) is 5.42. The fourth-order valence-electron chi connectivity index (χ4n) is 7.27. The first-order valence-electron chi connectivity index (χ1n) is 18.2. The molecule has 0 fully saturated rings. The maximum Gasteiger partial charge on any atom is 0.312 e. The molecule has 0 saturated heterocycles. The minimum atomic E-state index is -1.93. The van der Waals surface area contributed by atoms with E-state index in [0.717, 1.165) is 0 Å². The van der Waals surface area contributed by atoms with Crippen molar-refractivity contribution in [3.05, 3.63) is 57.8 Å². The Hall–Kier alpha value is -4.43. The standard InChI is InChI=1S/C41H54N2O11/c1-19-13-12-14-20(2)39(50)42-30-25-17-43(40(7,8)9)18-52-37(25)27-28(35(30)48)34(47)24(6)36-29(27)38(49)41(10,54-36)53-16-15-26(51-11)21(3)32(45)23(5)33(46)22(4)31(19)44/h12-17,19,21-23,26,31-33,44-48H,18H2,1-11H3/b13-12+,16-15+,20-14-,42-30?/t19-,21+,22+,23-,26-,31-,32+,33+,41-/m0/s1. The lowest BCUT2D eigenvalue weighted by Crippen LogP contribution is -2.46. The summed E-state index contributed by atoms with van der Waals surface area (Å²) in [5, 5.41) is 57.2. The number of ketones is 1. The Balaban J connectivity index is 1.79. The van der Waals surface area contributed by atoms with E-state index in [9.17, 15) is 35.1 Å². The average molecular weight is 751 g/mol. The summed E-state index contributed by atoms with van der Waals surface area (Å²) in [6.45, 7) is 17.3. The number of aliphatic hydroxyl groups excluding tert-OH is 3. The Morgan fingerprint density at radius 2 is 1.54 bits per heavy atom. The van der Waals surface area contributed by atoms with Crippen LogP contribution >= 0.6 is 0 Å². The molecule has 9 atom stereocenters. The topological polar surface area (TPSA) is 188 Å². The first-order valence-corrected chi connectivity index (χ1v) is 18.2. The van der Waals surface area contributed by atoms with E-state index in [1.54, 1.807) is 53.0 Å². The molecule has 54 heavy (non-hydrogen) atoms. The summed E-state index contributed by atoms with van der Waals surface area (Å²) >= 11 is 0. The van der Waals surface area contributed by atoms with Gasteiger partial charge in [0, 0.05) is 66.0 Å². The minimum Gasteiger partial charge on any atom is -0.507 e. The molecule has 0 radical (unpaired) electrons. The average Bonchev–Trinajstić information content (AvgIpc) is 3.39. The second-order valence-electron chi connectivity index (χ2n) is 16.0. The predicted molar refractivity (Wildman–Crippen MR) is 201 cm³/mol. The number of hydrogen-bond donors (Lipinski definition) is 5. The Morgan fingerprint density at radius 1 is 0.907 bits per heavy atom. The van der Waals surface area contributed by atoms with E-state index in [2.05, 4.69) is 4.99 Å². The Labute approximate surface area is 315 Å². The van der Waals surface area contributed by atoms with E-state index in [0.29, 0.717) is 0 Å². The predicted octanol–water partition coefficient (Wildman–Crippen LogP) is 3.87. The van der Waals surface area contributed by atoms with Crippen LogP contribution < -0.4 is 20.0 Å². The number of benzene rings is 2. The highest BCUT2D eigenvalue weighted by atomic mass is 16.7. The molecule has 3 aliphatic rings. The molecule has 0 unspecified atom stereocenters. The number of aliphatic hydroxyl groups is 3. The number of phenolic OH excluding ortho intramolecular Hbond substituents is 2. The molecular weight excluding hydrogens is 696 g/mol. The molecule has 5 N–H and O–H groups in total. The van der Waals surface area contributed by atoms with Gasteiger partial charge in [-0.3, -0.25) is 9.59 Å². The number of nitrogens with zero attached hydrogens (tertiary/aromatic N) is 2. The van der Waals surface area contributed by atoms with Crippen molar-refractivity contribution < 1.29 is 54.1 Å². The lowest BCUT2D eigenvalue weighted by molar-refractivity contribution is -0.114. The van der Waals surface area contributed by atoms with Crippen LogP contribution in [0.4, 0.5) is 0 Å². The lowest BCUT2D eigenvalue weighted by atomic mass is 9.78. The smallest absolute Gasteiger partial charge is 0.312 e. The molecule has 294 valence electrons. The van der Waals surface area contributed by atoms with Gasteiger partial charge in [-0.1, -0.05) is 45.9 Å². The molecule has 4 bridgehead atoms. The normalized spacial score (nSPS) is 33.1. The van der Waals surface area contributed by atoms with Gasteiger partial charge in [0.05, 0.1) is 46.8 Å². The Bertz CT molecular complexity index is 2050. The van der Waals surface area contributed by atoms with Gasteiger partial charge in [-0.05, 0) is 40.7 Å². The molecule has 0 aromatic heterocycles. The summed E-state index contributed by atoms with van der Waals surface area (Å²) in [6, 6.07) is 0. The largest absolute Gasteiger partial charge is 0.507 e. The molecule has 3 aliphatic heterocycles. The number of aromatic hydroxyl groups is 2. The van der Waals surface area contributed by atoms with Crippen molar-refractivity contribution in [2.45, 2.75) is 105 Å². The van der Waals surface area contributed by atoms with Crippen LogP contribution in [0.2, 0.25) is 0 Å². The third kappa shape index (κ3) is 7.10. The molecule has 3 heterocycles. The second kappa shape index (κ2) is 15.0. The van der Waals surface area contributed by atoms with Crippen molar-refractivity contribution in [1.29, 1.82) is 0 Å². The van der Waals surface area contributed by atoms with Crippen LogP contribution in [0.15, 0.2) is 41.1 Å². The van der Waals surface area contributed by atoms with Crippen LogP contribution in [0.25, 0.3) is 17.0 Å². The maximum absolute atomic E-state index is 14.4. The number of methoxy groups -OCH3 is 1. The zero-order chi connectivity index (χ0) is 40.2. The van der Waals surface area contributed by atoms with E-state index >= 15 is 0 Å². The quantitative estimate of drug-likeness (QED) is 0.284. The van der Waals surface area contributed by atoms with Gasteiger partial charge >= 0.3 is 5.79 Å². The molecular formula is C41H54N2O11. The summed E-state index contributed by atoms with van der Waals surface area (Å²) in [4.78, 5) is 34.2.